The van der Waals surface area contributed by atoms with Crippen LogP contribution in [0, 0.1) is 24.0 Å². The Labute approximate surface area is 200 Å². The fourth-order valence-electron chi connectivity index (χ4n) is 3.91. The molecule has 178 valence electrons. The van der Waals surface area contributed by atoms with Crippen LogP contribution in [0.2, 0.25) is 0 Å². The first kappa shape index (κ1) is 23.8. The summed E-state index contributed by atoms with van der Waals surface area (Å²) in [7, 11) is -4.62. The summed E-state index contributed by atoms with van der Waals surface area (Å²) >= 11 is 0. The molecule has 3 aromatic carbocycles. The highest BCUT2D eigenvalue weighted by atomic mass is 32.2. The lowest BCUT2D eigenvalue weighted by molar-refractivity contribution is -0.385. The molecular weight excluding hydrogens is 472 g/mol. The Morgan fingerprint density at radius 3 is 2.29 bits per heavy atom. The molecule has 0 N–H and O–H groups in total. The van der Waals surface area contributed by atoms with Crippen molar-refractivity contribution in [3.05, 3.63) is 99.3 Å². The molecule has 0 aliphatic rings. The highest BCUT2D eigenvalue weighted by molar-refractivity contribution is 7.93. The molecule has 0 bridgehead atoms. The number of rotatable bonds is 6. The molecule has 1 amide bonds. The Kier molecular flexibility index (Phi) is 5.99. The van der Waals surface area contributed by atoms with Crippen LogP contribution in [-0.4, -0.2) is 25.0 Å². The first-order valence-corrected chi connectivity index (χ1v) is 11.9. The van der Waals surface area contributed by atoms with Crippen LogP contribution in [0.1, 0.15) is 39.0 Å². The summed E-state index contributed by atoms with van der Waals surface area (Å²) in [5.41, 5.74) is 0.479. The van der Waals surface area contributed by atoms with Crippen LogP contribution in [-0.2, 0) is 10.0 Å². The number of amides is 1. The third-order valence-electron chi connectivity index (χ3n) is 5.54. The molecule has 0 saturated carbocycles. The van der Waals surface area contributed by atoms with Crippen LogP contribution in [0.3, 0.4) is 0 Å². The maximum atomic E-state index is 13.9. The van der Waals surface area contributed by atoms with E-state index in [1.54, 1.807) is 25.1 Å². The molecule has 0 radical (unpaired) electrons. The van der Waals surface area contributed by atoms with Gasteiger partial charge in [0.05, 0.1) is 21.1 Å². The van der Waals surface area contributed by atoms with Crippen molar-refractivity contribution in [1.82, 2.24) is 0 Å². The molecular formula is C25H20N2O7S. The lowest BCUT2D eigenvalue weighted by Gasteiger charge is -2.23. The van der Waals surface area contributed by atoms with Gasteiger partial charge < -0.3 is 4.42 Å². The highest BCUT2D eigenvalue weighted by Crippen LogP contribution is 2.34. The second kappa shape index (κ2) is 8.80. The zero-order valence-corrected chi connectivity index (χ0v) is 19.8. The standard InChI is InChI=1S/C25H20N2O7S/c1-15-9-10-20(27(30)31)14-23(15)35(32,33)26(25(29)18-7-5-4-6-8-18)19-11-12-22-21(13-19)24(16(2)28)17(3)34-22/h4-14H,1-3H3. The number of anilines is 1. The molecule has 10 heteroatoms. The fourth-order valence-corrected chi connectivity index (χ4v) is 5.57. The second-order valence-electron chi connectivity index (χ2n) is 7.92. The number of Topliss-reactive ketones (excluding diaryl/α,β-unsaturated/α-hetero) is 1. The van der Waals surface area contributed by atoms with Gasteiger partial charge in [0.1, 0.15) is 11.3 Å². The summed E-state index contributed by atoms with van der Waals surface area (Å²) in [6, 6.07) is 15.5. The molecule has 0 unspecified atom stereocenters. The van der Waals surface area contributed by atoms with Crippen molar-refractivity contribution in [2.24, 2.45) is 0 Å². The monoisotopic (exact) mass is 492 g/mol. The summed E-state index contributed by atoms with van der Waals surface area (Å²) in [4.78, 5) is 36.0. The van der Waals surface area contributed by atoms with Gasteiger partial charge in [0.2, 0.25) is 0 Å². The summed E-state index contributed by atoms with van der Waals surface area (Å²) in [5, 5.41) is 11.7. The van der Waals surface area contributed by atoms with Gasteiger partial charge >= 0.3 is 0 Å². The molecule has 35 heavy (non-hydrogen) atoms. The van der Waals surface area contributed by atoms with E-state index >= 15 is 0 Å². The fraction of sp³-hybridized carbons (Fsp3) is 0.120. The van der Waals surface area contributed by atoms with Crippen molar-refractivity contribution in [2.45, 2.75) is 25.7 Å². The van der Waals surface area contributed by atoms with Gasteiger partial charge in [-0.1, -0.05) is 24.3 Å². The average molecular weight is 493 g/mol. The molecule has 0 saturated heterocycles. The van der Waals surface area contributed by atoms with Crippen molar-refractivity contribution in [3.8, 4) is 0 Å². The molecule has 0 aliphatic heterocycles. The number of hydrogen-bond donors (Lipinski definition) is 0. The average Bonchev–Trinajstić information content (AvgIpc) is 3.14. The molecule has 0 atom stereocenters. The third-order valence-corrected chi connectivity index (χ3v) is 7.39. The number of fused-ring (bicyclic) bond motifs is 1. The van der Waals surface area contributed by atoms with Crippen LogP contribution in [0.25, 0.3) is 11.0 Å². The quantitative estimate of drug-likeness (QED) is 0.206. The summed E-state index contributed by atoms with van der Waals surface area (Å²) < 4.78 is 34.0. The third kappa shape index (κ3) is 4.19. The van der Waals surface area contributed by atoms with Gasteiger partial charge in [-0.3, -0.25) is 19.7 Å². The topological polar surface area (TPSA) is 128 Å². The van der Waals surface area contributed by atoms with E-state index in [9.17, 15) is 28.1 Å². The Bertz CT molecular complexity index is 1610. The lowest BCUT2D eigenvalue weighted by Crippen LogP contribution is -2.37. The molecule has 1 aromatic heterocycles. The van der Waals surface area contributed by atoms with E-state index in [0.29, 0.717) is 21.0 Å². The summed E-state index contributed by atoms with van der Waals surface area (Å²) in [5.74, 6) is -0.778. The second-order valence-corrected chi connectivity index (χ2v) is 9.67. The van der Waals surface area contributed by atoms with E-state index in [-0.39, 0.29) is 33.1 Å². The number of aryl methyl sites for hydroxylation is 2. The number of nitrogens with zero attached hydrogens (tertiary/aromatic N) is 2. The number of benzene rings is 3. The lowest BCUT2D eigenvalue weighted by atomic mass is 10.1. The Balaban J connectivity index is 2.00. The van der Waals surface area contributed by atoms with Crippen molar-refractivity contribution in [2.75, 3.05) is 4.31 Å². The van der Waals surface area contributed by atoms with Crippen LogP contribution in [0.4, 0.5) is 11.4 Å². The molecule has 9 nitrogen and oxygen atoms in total. The maximum Gasteiger partial charge on any atom is 0.272 e. The van der Waals surface area contributed by atoms with Gasteiger partial charge in [0.25, 0.3) is 21.6 Å². The Hall–Kier alpha value is -4.31. The van der Waals surface area contributed by atoms with Crippen LogP contribution in [0.5, 0.6) is 0 Å². The van der Waals surface area contributed by atoms with E-state index < -0.39 is 26.5 Å². The molecule has 1 heterocycles. The minimum Gasteiger partial charge on any atom is -0.461 e. The smallest absolute Gasteiger partial charge is 0.272 e. The number of carbonyl (C=O) groups is 2. The number of non-ortho nitro benzene ring substituents is 1. The summed E-state index contributed by atoms with van der Waals surface area (Å²) in [6.07, 6.45) is 0. The highest BCUT2D eigenvalue weighted by Gasteiger charge is 2.34. The van der Waals surface area contributed by atoms with Gasteiger partial charge in [-0.2, -0.15) is 4.31 Å². The minimum absolute atomic E-state index is 0.0411. The van der Waals surface area contributed by atoms with Gasteiger partial charge in [-0.15, -0.1) is 0 Å². The predicted octanol–water partition coefficient (Wildman–Crippen LogP) is 5.20. The molecule has 4 aromatic rings. The van der Waals surface area contributed by atoms with Gasteiger partial charge in [-0.25, -0.2) is 8.42 Å². The SMILES string of the molecule is CC(=O)c1c(C)oc2ccc(N(C(=O)c3ccccc3)S(=O)(=O)c3cc([N+](=O)[O-])ccc3C)cc12. The number of nitro benzene ring substituents is 1. The normalized spacial score (nSPS) is 11.4. The minimum atomic E-state index is -4.62. The van der Waals surface area contributed by atoms with Gasteiger partial charge in [0, 0.05) is 23.1 Å². The van der Waals surface area contributed by atoms with Crippen LogP contribution < -0.4 is 4.31 Å². The number of hydrogen-bond acceptors (Lipinski definition) is 7. The zero-order valence-electron chi connectivity index (χ0n) is 19.0. The number of nitro groups is 1. The number of furan rings is 1. The number of carbonyl (C=O) groups excluding carboxylic acids is 2. The van der Waals surface area contributed by atoms with E-state index in [0.717, 1.165) is 6.07 Å². The molecule has 4 rings (SSSR count). The van der Waals surface area contributed by atoms with Gasteiger partial charge in [0.15, 0.2) is 5.78 Å². The van der Waals surface area contributed by atoms with Crippen molar-refractivity contribution < 1.29 is 27.3 Å². The first-order chi connectivity index (χ1) is 16.5. The first-order valence-electron chi connectivity index (χ1n) is 10.5. The zero-order chi connectivity index (χ0) is 25.5. The van der Waals surface area contributed by atoms with Crippen molar-refractivity contribution in [3.63, 3.8) is 0 Å². The van der Waals surface area contributed by atoms with E-state index in [1.165, 1.54) is 56.3 Å². The molecule has 0 fully saturated rings. The maximum absolute atomic E-state index is 13.9. The van der Waals surface area contributed by atoms with E-state index in [2.05, 4.69) is 0 Å². The van der Waals surface area contributed by atoms with Crippen LogP contribution in [0.15, 0.2) is 76.0 Å². The van der Waals surface area contributed by atoms with Gasteiger partial charge in [-0.05, 0) is 56.7 Å². The van der Waals surface area contributed by atoms with Crippen molar-refractivity contribution >= 4 is 44.1 Å². The predicted molar refractivity (Wildman–Crippen MR) is 129 cm³/mol. The van der Waals surface area contributed by atoms with Crippen molar-refractivity contribution in [1.29, 1.82) is 0 Å². The van der Waals surface area contributed by atoms with E-state index in [4.69, 9.17) is 4.42 Å². The summed E-state index contributed by atoms with van der Waals surface area (Å²) in [6.45, 7) is 4.46. The van der Waals surface area contributed by atoms with E-state index in [1.807, 2.05) is 0 Å². The Morgan fingerprint density at radius 1 is 0.971 bits per heavy atom. The largest absolute Gasteiger partial charge is 0.461 e. The van der Waals surface area contributed by atoms with Crippen LogP contribution >= 0.6 is 0 Å². The number of sulfonamides is 1. The molecule has 0 aliphatic carbocycles. The number of ketones is 1. The Morgan fingerprint density at radius 2 is 1.66 bits per heavy atom. The molecule has 0 spiro atoms.